The summed E-state index contributed by atoms with van der Waals surface area (Å²) in [6.45, 7) is 5.17. The van der Waals surface area contributed by atoms with Crippen molar-refractivity contribution in [3.8, 4) is 0 Å². The molecule has 1 aliphatic rings. The van der Waals surface area contributed by atoms with E-state index in [0.29, 0.717) is 37.9 Å². The summed E-state index contributed by atoms with van der Waals surface area (Å²) in [6, 6.07) is 0. The normalized spacial score (nSPS) is 29.8. The fourth-order valence-electron chi connectivity index (χ4n) is 1.80. The summed E-state index contributed by atoms with van der Waals surface area (Å²) in [5, 5.41) is 20.9. The van der Waals surface area contributed by atoms with E-state index >= 15 is 0 Å². The molecule has 2 rings (SSSR count). The van der Waals surface area contributed by atoms with Crippen LogP contribution in [0.4, 0.5) is 0 Å². The molecule has 1 fully saturated rings. The van der Waals surface area contributed by atoms with Gasteiger partial charge in [-0.3, -0.25) is 0 Å². The van der Waals surface area contributed by atoms with Gasteiger partial charge in [0.15, 0.2) is 0 Å². The Hall–Kier alpha value is -0.980. The van der Waals surface area contributed by atoms with E-state index in [9.17, 15) is 5.11 Å². The van der Waals surface area contributed by atoms with Gasteiger partial charge in [-0.15, -0.1) is 10.2 Å². The third-order valence-electron chi connectivity index (χ3n) is 2.93. The van der Waals surface area contributed by atoms with Crippen LogP contribution in [0.3, 0.4) is 0 Å². The molecule has 1 aromatic heterocycles. The maximum Gasteiger partial charge on any atom is 0.230 e. The van der Waals surface area contributed by atoms with Gasteiger partial charge in [-0.05, 0) is 6.92 Å². The Morgan fingerprint density at radius 3 is 2.94 bits per heavy atom. The van der Waals surface area contributed by atoms with E-state index in [1.807, 2.05) is 6.92 Å². The number of nitrogens with zero attached hydrogens (tertiary/aromatic N) is 2. The van der Waals surface area contributed by atoms with Gasteiger partial charge in [-0.1, -0.05) is 0 Å². The van der Waals surface area contributed by atoms with Gasteiger partial charge in [-0.25, -0.2) is 0 Å². The van der Waals surface area contributed by atoms with Crippen molar-refractivity contribution in [3.05, 3.63) is 11.8 Å². The first kappa shape index (κ1) is 11.5. The van der Waals surface area contributed by atoms with Gasteiger partial charge in [0, 0.05) is 26.5 Å². The van der Waals surface area contributed by atoms with Gasteiger partial charge in [0.1, 0.15) is 5.60 Å². The van der Waals surface area contributed by atoms with Gasteiger partial charge < -0.3 is 19.6 Å². The van der Waals surface area contributed by atoms with Crippen molar-refractivity contribution in [2.75, 3.05) is 13.2 Å². The van der Waals surface area contributed by atoms with E-state index in [-0.39, 0.29) is 6.10 Å². The SMILES string of the molecule is Cc1nnc(CNCC2(O)CCOC2C)o1. The molecule has 90 valence electrons. The van der Waals surface area contributed by atoms with Crippen LogP contribution in [-0.4, -0.2) is 40.2 Å². The van der Waals surface area contributed by atoms with Crippen molar-refractivity contribution >= 4 is 0 Å². The number of aliphatic hydroxyl groups is 1. The molecule has 0 bridgehead atoms. The van der Waals surface area contributed by atoms with Crippen molar-refractivity contribution in [3.63, 3.8) is 0 Å². The molecule has 2 N–H and O–H groups in total. The maximum atomic E-state index is 10.2. The lowest BCUT2D eigenvalue weighted by Crippen LogP contribution is -2.45. The number of hydrogen-bond donors (Lipinski definition) is 2. The maximum absolute atomic E-state index is 10.2. The summed E-state index contributed by atoms with van der Waals surface area (Å²) in [5.74, 6) is 1.08. The number of aryl methyl sites for hydroxylation is 1. The van der Waals surface area contributed by atoms with E-state index in [0.717, 1.165) is 0 Å². The number of rotatable bonds is 4. The quantitative estimate of drug-likeness (QED) is 0.754. The van der Waals surface area contributed by atoms with Crippen LogP contribution in [-0.2, 0) is 11.3 Å². The van der Waals surface area contributed by atoms with Crippen LogP contribution in [0.2, 0.25) is 0 Å². The molecular weight excluding hydrogens is 210 g/mol. The van der Waals surface area contributed by atoms with Crippen LogP contribution in [0, 0.1) is 6.92 Å². The van der Waals surface area contributed by atoms with Crippen molar-refractivity contribution in [1.29, 1.82) is 0 Å². The Bertz CT molecular complexity index is 355. The molecule has 6 nitrogen and oxygen atoms in total. The standard InChI is InChI=1S/C10H17N3O3/c1-7-10(14,3-4-15-7)6-11-5-9-13-12-8(2)16-9/h7,11,14H,3-6H2,1-2H3. The van der Waals surface area contributed by atoms with Crippen LogP contribution in [0.15, 0.2) is 4.42 Å². The second kappa shape index (κ2) is 4.48. The predicted octanol–water partition coefficient (Wildman–Crippen LogP) is 0.00752. The summed E-state index contributed by atoms with van der Waals surface area (Å²) in [5.41, 5.74) is -0.783. The molecule has 6 heteroatoms. The molecule has 1 saturated heterocycles. The Labute approximate surface area is 94.0 Å². The first-order chi connectivity index (χ1) is 7.60. The minimum atomic E-state index is -0.783. The van der Waals surface area contributed by atoms with E-state index < -0.39 is 5.60 Å². The first-order valence-electron chi connectivity index (χ1n) is 5.44. The van der Waals surface area contributed by atoms with Gasteiger partial charge in [0.2, 0.25) is 11.8 Å². The molecule has 2 heterocycles. The molecular formula is C10H17N3O3. The molecule has 2 unspecified atom stereocenters. The first-order valence-corrected chi connectivity index (χ1v) is 5.44. The summed E-state index contributed by atoms with van der Waals surface area (Å²) < 4.78 is 10.5. The van der Waals surface area contributed by atoms with Crippen molar-refractivity contribution in [1.82, 2.24) is 15.5 Å². The fraction of sp³-hybridized carbons (Fsp3) is 0.800. The van der Waals surface area contributed by atoms with Crippen molar-refractivity contribution in [2.45, 2.75) is 38.5 Å². The number of ether oxygens (including phenoxy) is 1. The van der Waals surface area contributed by atoms with E-state index in [1.165, 1.54) is 0 Å². The van der Waals surface area contributed by atoms with Gasteiger partial charge in [-0.2, -0.15) is 0 Å². The van der Waals surface area contributed by atoms with E-state index in [1.54, 1.807) is 6.92 Å². The monoisotopic (exact) mass is 227 g/mol. The summed E-state index contributed by atoms with van der Waals surface area (Å²) in [4.78, 5) is 0. The highest BCUT2D eigenvalue weighted by molar-refractivity contribution is 4.92. The Morgan fingerprint density at radius 1 is 1.56 bits per heavy atom. The zero-order valence-electron chi connectivity index (χ0n) is 9.56. The zero-order valence-corrected chi connectivity index (χ0v) is 9.56. The van der Waals surface area contributed by atoms with E-state index in [2.05, 4.69) is 15.5 Å². The third-order valence-corrected chi connectivity index (χ3v) is 2.93. The predicted molar refractivity (Wildman–Crippen MR) is 55.7 cm³/mol. The summed E-state index contributed by atoms with van der Waals surface area (Å²) >= 11 is 0. The van der Waals surface area contributed by atoms with E-state index in [4.69, 9.17) is 9.15 Å². The fourth-order valence-corrected chi connectivity index (χ4v) is 1.80. The average Bonchev–Trinajstić information content (AvgIpc) is 2.76. The molecule has 0 aromatic carbocycles. The minimum absolute atomic E-state index is 0.135. The smallest absolute Gasteiger partial charge is 0.230 e. The van der Waals surface area contributed by atoms with Crippen molar-refractivity contribution < 1.29 is 14.3 Å². The van der Waals surface area contributed by atoms with Gasteiger partial charge in [0.05, 0.1) is 12.6 Å². The third kappa shape index (κ3) is 2.40. The molecule has 2 atom stereocenters. The summed E-state index contributed by atoms with van der Waals surface area (Å²) in [7, 11) is 0. The molecule has 0 radical (unpaired) electrons. The Kier molecular flexibility index (Phi) is 3.22. The van der Waals surface area contributed by atoms with Crippen LogP contribution in [0.1, 0.15) is 25.1 Å². The molecule has 1 aromatic rings. The number of hydrogen-bond acceptors (Lipinski definition) is 6. The number of aromatic nitrogens is 2. The van der Waals surface area contributed by atoms with Crippen LogP contribution >= 0.6 is 0 Å². The Balaban J connectivity index is 1.79. The highest BCUT2D eigenvalue weighted by atomic mass is 16.5. The second-order valence-electron chi connectivity index (χ2n) is 4.18. The van der Waals surface area contributed by atoms with Crippen LogP contribution in [0.5, 0.6) is 0 Å². The molecule has 0 saturated carbocycles. The van der Waals surface area contributed by atoms with Crippen molar-refractivity contribution in [2.24, 2.45) is 0 Å². The summed E-state index contributed by atoms with van der Waals surface area (Å²) in [6.07, 6.45) is 0.522. The highest BCUT2D eigenvalue weighted by Gasteiger charge is 2.39. The van der Waals surface area contributed by atoms with Gasteiger partial charge in [0.25, 0.3) is 0 Å². The van der Waals surface area contributed by atoms with Crippen LogP contribution < -0.4 is 5.32 Å². The molecule has 0 amide bonds. The second-order valence-corrected chi connectivity index (χ2v) is 4.18. The zero-order chi connectivity index (χ0) is 11.6. The topological polar surface area (TPSA) is 80.4 Å². The lowest BCUT2D eigenvalue weighted by molar-refractivity contribution is -0.0265. The lowest BCUT2D eigenvalue weighted by Gasteiger charge is -2.25. The number of nitrogens with one attached hydrogen (secondary N) is 1. The van der Waals surface area contributed by atoms with Crippen LogP contribution in [0.25, 0.3) is 0 Å². The molecule has 1 aliphatic heterocycles. The van der Waals surface area contributed by atoms with Gasteiger partial charge >= 0.3 is 0 Å². The minimum Gasteiger partial charge on any atom is -0.424 e. The molecule has 0 spiro atoms. The lowest BCUT2D eigenvalue weighted by atomic mass is 9.97. The molecule has 0 aliphatic carbocycles. The molecule has 16 heavy (non-hydrogen) atoms. The highest BCUT2D eigenvalue weighted by Crippen LogP contribution is 2.24. The largest absolute Gasteiger partial charge is 0.424 e. The Morgan fingerprint density at radius 2 is 2.38 bits per heavy atom. The average molecular weight is 227 g/mol.